The Hall–Kier alpha value is -1.96. The average Bonchev–Trinajstić information content (AvgIpc) is 2.95. The van der Waals surface area contributed by atoms with Crippen molar-refractivity contribution in [3.05, 3.63) is 103 Å². The first-order valence-electron chi connectivity index (χ1n) is 13.9. The molecule has 0 atom stereocenters. The van der Waals surface area contributed by atoms with E-state index < -0.39 is 6.62 Å². The zero-order valence-electron chi connectivity index (χ0n) is 22.5. The second kappa shape index (κ2) is 16.8. The molecule has 0 saturated carbocycles. The zero-order chi connectivity index (χ0) is 26.2. The molecule has 3 aromatic carbocycles. The van der Waals surface area contributed by atoms with E-state index in [1.165, 1.54) is 40.7 Å². The molecule has 0 aliphatic heterocycles. The van der Waals surface area contributed by atoms with Crippen molar-refractivity contribution in [2.75, 3.05) is 13.2 Å². The second-order valence-corrected chi connectivity index (χ2v) is 13.5. The van der Waals surface area contributed by atoms with E-state index in [-0.39, 0.29) is 6.29 Å². The van der Waals surface area contributed by atoms with Crippen LogP contribution in [-0.4, -0.2) is 19.5 Å². The summed E-state index contributed by atoms with van der Waals surface area (Å²) in [6.45, 7) is 3.31. The predicted molar refractivity (Wildman–Crippen MR) is 163 cm³/mol. The monoisotopic (exact) mass is 537 g/mol. The average molecular weight is 538 g/mol. The van der Waals surface area contributed by atoms with Gasteiger partial charge in [-0.2, -0.15) is 0 Å². The van der Waals surface area contributed by atoms with Gasteiger partial charge in [-0.3, -0.25) is 0 Å². The molecule has 0 aromatic heterocycles. The van der Waals surface area contributed by atoms with Crippen molar-refractivity contribution in [1.82, 2.24) is 0 Å². The zero-order valence-corrected chi connectivity index (χ0v) is 24.2. The predicted octanol–water partition coefficient (Wildman–Crippen LogP) is 8.36. The van der Waals surface area contributed by atoms with Crippen LogP contribution in [0.1, 0.15) is 64.4 Å². The van der Waals surface area contributed by atoms with Crippen LogP contribution in [0.15, 0.2) is 97.1 Å². The third kappa shape index (κ3) is 9.38. The second-order valence-electron chi connectivity index (χ2n) is 9.27. The summed E-state index contributed by atoms with van der Waals surface area (Å²) >= 11 is 7.51. The molecule has 0 amide bonds. The van der Waals surface area contributed by atoms with Gasteiger partial charge < -0.3 is 9.47 Å². The number of benzene rings is 3. The summed E-state index contributed by atoms with van der Waals surface area (Å²) in [5, 5.41) is 3.61. The van der Waals surface area contributed by atoms with E-state index in [0.29, 0.717) is 13.2 Å². The molecule has 0 spiro atoms. The molecule has 0 bridgehead atoms. The number of hydrogen-bond acceptors (Lipinski definition) is 2. The molecule has 0 heterocycles. The number of allylic oxidation sites excluding steroid dienone is 2. The topological polar surface area (TPSA) is 18.5 Å². The SMILES string of the molecule is CCOC(CCCCC/C=C\CCCc1ccc([P+](Cl)(c2ccccc2)c2ccccc2)cc1)OCC. The van der Waals surface area contributed by atoms with Gasteiger partial charge in [0.05, 0.1) is 0 Å². The van der Waals surface area contributed by atoms with Gasteiger partial charge in [0.25, 0.3) is 0 Å². The van der Waals surface area contributed by atoms with Crippen molar-refractivity contribution in [2.24, 2.45) is 0 Å². The molecular weight excluding hydrogens is 495 g/mol. The molecule has 3 rings (SSSR count). The van der Waals surface area contributed by atoms with Crippen molar-refractivity contribution < 1.29 is 9.47 Å². The Kier molecular flexibility index (Phi) is 13.4. The molecule has 3 aromatic rings. The van der Waals surface area contributed by atoms with Gasteiger partial charge in [0, 0.05) is 13.2 Å². The molecule has 0 N–H and O–H groups in total. The van der Waals surface area contributed by atoms with Crippen molar-refractivity contribution in [1.29, 1.82) is 0 Å². The van der Waals surface area contributed by atoms with E-state index >= 15 is 0 Å². The van der Waals surface area contributed by atoms with Crippen LogP contribution in [0, 0.1) is 0 Å². The smallest absolute Gasteiger partial charge is 0.210 e. The lowest BCUT2D eigenvalue weighted by Crippen LogP contribution is -2.27. The number of aryl methyl sites for hydroxylation is 1. The molecule has 0 fully saturated rings. The van der Waals surface area contributed by atoms with E-state index in [1.54, 1.807) is 0 Å². The lowest BCUT2D eigenvalue weighted by molar-refractivity contribution is -0.140. The highest BCUT2D eigenvalue weighted by molar-refractivity contribution is 8.14. The fourth-order valence-corrected chi connectivity index (χ4v) is 8.21. The highest BCUT2D eigenvalue weighted by Crippen LogP contribution is 2.60. The van der Waals surface area contributed by atoms with Crippen molar-refractivity contribution >= 4 is 33.8 Å². The molecule has 2 nitrogen and oxygen atoms in total. The van der Waals surface area contributed by atoms with Crippen molar-refractivity contribution in [3.63, 3.8) is 0 Å². The third-order valence-corrected chi connectivity index (χ3v) is 11.3. The highest BCUT2D eigenvalue weighted by Gasteiger charge is 2.44. The summed E-state index contributed by atoms with van der Waals surface area (Å²) in [6, 6.07) is 30.1. The Morgan fingerprint density at radius 2 is 1.16 bits per heavy atom. The van der Waals surface area contributed by atoms with E-state index in [1.807, 2.05) is 13.8 Å². The van der Waals surface area contributed by atoms with Gasteiger partial charge in [0.2, 0.25) is 6.62 Å². The fourth-order valence-electron chi connectivity index (χ4n) is 4.58. The Morgan fingerprint density at radius 1 is 0.649 bits per heavy atom. The van der Waals surface area contributed by atoms with Crippen LogP contribution in [0.25, 0.3) is 0 Å². The van der Waals surface area contributed by atoms with Crippen LogP contribution in [0.3, 0.4) is 0 Å². The third-order valence-electron chi connectivity index (χ3n) is 6.53. The minimum Gasteiger partial charge on any atom is -0.353 e. The van der Waals surface area contributed by atoms with Crippen LogP contribution < -0.4 is 15.9 Å². The van der Waals surface area contributed by atoms with Gasteiger partial charge in [0.1, 0.15) is 27.2 Å². The van der Waals surface area contributed by atoms with Crippen molar-refractivity contribution in [3.8, 4) is 0 Å². The summed E-state index contributed by atoms with van der Waals surface area (Å²) in [5.74, 6) is 0. The van der Waals surface area contributed by atoms with Crippen LogP contribution in [0.5, 0.6) is 0 Å². The normalized spacial score (nSPS) is 12.0. The van der Waals surface area contributed by atoms with Gasteiger partial charge in [0.15, 0.2) is 6.29 Å². The van der Waals surface area contributed by atoms with E-state index in [9.17, 15) is 0 Å². The summed E-state index contributed by atoms with van der Waals surface area (Å²) in [7, 11) is 0. The summed E-state index contributed by atoms with van der Waals surface area (Å²) in [5.41, 5.74) is 1.37. The minimum atomic E-state index is -2.16. The number of hydrogen-bond donors (Lipinski definition) is 0. The highest BCUT2D eigenvalue weighted by atomic mass is 35.7. The maximum Gasteiger partial charge on any atom is 0.210 e. The Balaban J connectivity index is 1.43. The Bertz CT molecular complexity index is 976. The number of ether oxygens (including phenoxy) is 2. The van der Waals surface area contributed by atoms with Gasteiger partial charge in [-0.25, -0.2) is 0 Å². The number of unbranched alkanes of at least 4 members (excludes halogenated alkanes) is 4. The Labute approximate surface area is 230 Å². The van der Waals surface area contributed by atoms with Gasteiger partial charge in [-0.05, 0) is 101 Å². The minimum absolute atomic E-state index is 0.0287. The Morgan fingerprint density at radius 3 is 1.70 bits per heavy atom. The van der Waals surface area contributed by atoms with Crippen LogP contribution in [0.4, 0.5) is 0 Å². The maximum absolute atomic E-state index is 7.51. The lowest BCUT2D eigenvalue weighted by atomic mass is 10.1. The molecule has 0 saturated heterocycles. The molecule has 0 radical (unpaired) electrons. The van der Waals surface area contributed by atoms with E-state index in [4.69, 9.17) is 20.7 Å². The van der Waals surface area contributed by atoms with Crippen LogP contribution in [0.2, 0.25) is 0 Å². The van der Waals surface area contributed by atoms with Crippen molar-refractivity contribution in [2.45, 2.75) is 71.5 Å². The summed E-state index contributed by atoms with van der Waals surface area (Å²) in [6.07, 6.45) is 13.8. The van der Waals surface area contributed by atoms with Gasteiger partial charge in [-0.15, -0.1) is 0 Å². The van der Waals surface area contributed by atoms with Crippen LogP contribution in [-0.2, 0) is 15.9 Å². The first-order valence-corrected chi connectivity index (χ1v) is 16.6. The van der Waals surface area contributed by atoms with Gasteiger partial charge >= 0.3 is 0 Å². The quantitative estimate of drug-likeness (QED) is 0.0745. The maximum atomic E-state index is 7.51. The molecule has 0 aliphatic carbocycles. The molecule has 0 unspecified atom stereocenters. The number of rotatable bonds is 17. The largest absolute Gasteiger partial charge is 0.353 e. The van der Waals surface area contributed by atoms with Crippen LogP contribution >= 0.6 is 17.9 Å². The first-order chi connectivity index (χ1) is 18.2. The van der Waals surface area contributed by atoms with E-state index in [0.717, 1.165) is 32.1 Å². The molecule has 198 valence electrons. The molecule has 4 heteroatoms. The molecular formula is C33H43ClO2P+. The fraction of sp³-hybridized carbons (Fsp3) is 0.394. The molecule has 37 heavy (non-hydrogen) atoms. The first kappa shape index (κ1) is 29.6. The summed E-state index contributed by atoms with van der Waals surface area (Å²) in [4.78, 5) is 0. The summed E-state index contributed by atoms with van der Waals surface area (Å²) < 4.78 is 11.2. The van der Waals surface area contributed by atoms with Gasteiger partial charge in [-0.1, -0.05) is 67.1 Å². The lowest BCUT2D eigenvalue weighted by Gasteiger charge is -2.19. The standard InChI is InChI=1S/C33H43ClO2P/c1-3-35-33(36-4-2)24-18-10-8-6-5-7-9-13-19-29-25-27-32(28-26-29)37(34,30-20-14-11-15-21-30)31-22-16-12-17-23-31/h5,7,11-12,14-17,20-23,25-28,33H,3-4,6,8-10,13,18-19,24H2,1-2H3/q+1/b7-5-. The van der Waals surface area contributed by atoms with E-state index in [2.05, 4.69) is 97.1 Å². The number of halogens is 1. The molecule has 0 aliphatic rings.